The minimum Gasteiger partial charge on any atom is -0.166 e. The van der Waals surface area contributed by atoms with Gasteiger partial charge in [-0.25, -0.2) is 0 Å². The second-order valence-corrected chi connectivity index (χ2v) is 14.8. The first kappa shape index (κ1) is 41.3. The van der Waals surface area contributed by atoms with Crippen LogP contribution in [0.4, 0.5) is 26.3 Å². The maximum Gasteiger partial charge on any atom is 0.416 e. The molecule has 304 valence electrons. The van der Waals surface area contributed by atoms with Gasteiger partial charge < -0.3 is 0 Å². The Balaban J connectivity index is 1.04. The summed E-state index contributed by atoms with van der Waals surface area (Å²) in [5, 5.41) is 2.22. The molecule has 8 aromatic carbocycles. The molecule has 8 rings (SSSR count). The molecule has 0 saturated heterocycles. The Bertz CT molecular complexity index is 2690. The van der Waals surface area contributed by atoms with Crippen LogP contribution in [-0.2, 0) is 12.4 Å². The first-order valence-electron chi connectivity index (χ1n) is 19.9. The van der Waals surface area contributed by atoms with Gasteiger partial charge in [0.1, 0.15) is 0 Å². The highest BCUT2D eigenvalue weighted by molar-refractivity contribution is 5.94. The lowest BCUT2D eigenvalue weighted by molar-refractivity contribution is -0.138. The van der Waals surface area contributed by atoms with Gasteiger partial charge in [0.15, 0.2) is 0 Å². The average molecular weight is 825 g/mol. The summed E-state index contributed by atoms with van der Waals surface area (Å²) in [7, 11) is 0. The van der Waals surface area contributed by atoms with Crippen LogP contribution in [0.15, 0.2) is 194 Å². The molecule has 0 aliphatic rings. The van der Waals surface area contributed by atoms with Crippen molar-refractivity contribution in [2.45, 2.75) is 12.4 Å². The van der Waals surface area contributed by atoms with Crippen LogP contribution in [0.1, 0.15) is 66.8 Å². The van der Waals surface area contributed by atoms with Crippen LogP contribution < -0.4 is 0 Å². The lowest BCUT2D eigenvalue weighted by atomic mass is 9.94. The molecule has 0 radical (unpaired) electrons. The summed E-state index contributed by atoms with van der Waals surface area (Å²) in [6.07, 6.45) is 3.46. The van der Waals surface area contributed by atoms with Gasteiger partial charge in [-0.3, -0.25) is 0 Å². The van der Waals surface area contributed by atoms with E-state index in [9.17, 15) is 26.3 Å². The van der Waals surface area contributed by atoms with E-state index >= 15 is 0 Å². The van der Waals surface area contributed by atoms with Crippen molar-refractivity contribution in [2.75, 3.05) is 0 Å². The molecule has 0 heterocycles. The quantitative estimate of drug-likeness (QED) is 0.0952. The Hall–Kier alpha value is -7.44. The highest BCUT2D eigenvalue weighted by atomic mass is 19.4. The van der Waals surface area contributed by atoms with Crippen LogP contribution in [0.3, 0.4) is 0 Å². The standard InChI is InChI=1S/C56H38F6/c57-55(58,59)51-31-27-45(28-32-51)53(43-9-3-1-4-10-43)35-41-19-15-39(16-20-41)23-25-49-37-47-13-7-8-14-48(47)38-50(49)26-24-40-17-21-42(22-18-40)36-54(44-11-5-2-6-12-44)46-29-33-52(34-30-46)56(60,61)62/h1-38H. The van der Waals surface area contributed by atoms with Crippen LogP contribution >= 0.6 is 0 Å². The van der Waals surface area contributed by atoms with Gasteiger partial charge in [0.25, 0.3) is 0 Å². The minimum atomic E-state index is -4.41. The van der Waals surface area contributed by atoms with Crippen LogP contribution in [-0.4, -0.2) is 0 Å². The van der Waals surface area contributed by atoms with E-state index in [-0.39, 0.29) is 0 Å². The maximum absolute atomic E-state index is 13.3. The zero-order valence-electron chi connectivity index (χ0n) is 33.2. The van der Waals surface area contributed by atoms with Gasteiger partial charge in [0.05, 0.1) is 11.1 Å². The molecule has 0 bridgehead atoms. The van der Waals surface area contributed by atoms with E-state index in [1.54, 1.807) is 0 Å². The predicted octanol–water partition coefficient (Wildman–Crippen LogP) is 16.4. The number of hydrogen-bond acceptors (Lipinski definition) is 0. The SMILES string of the molecule is FC(F)(F)c1ccc(C(=Cc2ccc(C=Cc3cc4ccccc4cc3C=Cc3ccc(C=C(c4ccccc4)c4ccc(C(F)(F)F)cc4)cc3)cc2)c2ccccc2)cc1. The molecule has 6 heteroatoms. The number of alkyl halides is 6. The Morgan fingerprint density at radius 3 is 0.952 bits per heavy atom. The monoisotopic (exact) mass is 824 g/mol. The summed E-state index contributed by atoms with van der Waals surface area (Å²) in [5.41, 5.74) is 9.27. The molecule has 0 nitrogen and oxygen atoms in total. The van der Waals surface area contributed by atoms with E-state index in [1.165, 1.54) is 24.3 Å². The summed E-state index contributed by atoms with van der Waals surface area (Å²) >= 11 is 0. The van der Waals surface area contributed by atoms with E-state index < -0.39 is 23.5 Å². The van der Waals surface area contributed by atoms with E-state index in [1.807, 2.05) is 133 Å². The molecule has 0 aliphatic carbocycles. The Morgan fingerprint density at radius 1 is 0.306 bits per heavy atom. The Kier molecular flexibility index (Phi) is 12.0. The number of benzene rings is 8. The fourth-order valence-electron chi connectivity index (χ4n) is 7.26. The third-order valence-corrected chi connectivity index (χ3v) is 10.6. The summed E-state index contributed by atoms with van der Waals surface area (Å²) in [5.74, 6) is 0. The molecule has 0 aliphatic heterocycles. The van der Waals surface area contributed by atoms with Crippen molar-refractivity contribution in [3.05, 3.63) is 261 Å². The van der Waals surface area contributed by atoms with Crippen molar-refractivity contribution in [1.82, 2.24) is 0 Å². The van der Waals surface area contributed by atoms with Crippen molar-refractivity contribution >= 4 is 58.4 Å². The van der Waals surface area contributed by atoms with Crippen LogP contribution in [0, 0.1) is 0 Å². The second-order valence-electron chi connectivity index (χ2n) is 14.8. The Morgan fingerprint density at radius 2 is 0.613 bits per heavy atom. The van der Waals surface area contributed by atoms with E-state index in [0.717, 1.165) is 90.7 Å². The summed E-state index contributed by atoms with van der Waals surface area (Å²) in [4.78, 5) is 0. The fraction of sp³-hybridized carbons (Fsp3) is 0.0357. The maximum atomic E-state index is 13.3. The molecule has 0 atom stereocenters. The van der Waals surface area contributed by atoms with Gasteiger partial charge in [-0.05, 0) is 126 Å². The van der Waals surface area contributed by atoms with Crippen molar-refractivity contribution in [3.63, 3.8) is 0 Å². The molecule has 62 heavy (non-hydrogen) atoms. The van der Waals surface area contributed by atoms with Crippen molar-refractivity contribution < 1.29 is 26.3 Å². The summed E-state index contributed by atoms with van der Waals surface area (Å²) in [6.45, 7) is 0. The Labute approximate surface area is 356 Å². The summed E-state index contributed by atoms with van der Waals surface area (Å²) in [6, 6.07) is 58.3. The topological polar surface area (TPSA) is 0 Å². The van der Waals surface area contributed by atoms with E-state index in [0.29, 0.717) is 11.1 Å². The van der Waals surface area contributed by atoms with Crippen molar-refractivity contribution in [1.29, 1.82) is 0 Å². The zero-order valence-corrected chi connectivity index (χ0v) is 33.2. The molecule has 0 aromatic heterocycles. The lowest BCUT2D eigenvalue weighted by Gasteiger charge is -2.12. The molecule has 0 saturated carbocycles. The van der Waals surface area contributed by atoms with Crippen molar-refractivity contribution in [3.8, 4) is 0 Å². The molecular formula is C56H38F6. The van der Waals surface area contributed by atoms with Gasteiger partial charge in [-0.15, -0.1) is 0 Å². The smallest absolute Gasteiger partial charge is 0.166 e. The molecular weight excluding hydrogens is 787 g/mol. The van der Waals surface area contributed by atoms with Crippen molar-refractivity contribution in [2.24, 2.45) is 0 Å². The van der Waals surface area contributed by atoms with Crippen LogP contribution in [0.2, 0.25) is 0 Å². The van der Waals surface area contributed by atoms with Crippen LogP contribution in [0.5, 0.6) is 0 Å². The first-order chi connectivity index (χ1) is 30.0. The van der Waals surface area contributed by atoms with Gasteiger partial charge in [0, 0.05) is 0 Å². The molecule has 0 unspecified atom stereocenters. The van der Waals surface area contributed by atoms with Gasteiger partial charge in [-0.2, -0.15) is 26.3 Å². The third-order valence-electron chi connectivity index (χ3n) is 10.6. The van der Waals surface area contributed by atoms with Crippen LogP contribution in [0.25, 0.3) is 58.4 Å². The lowest BCUT2D eigenvalue weighted by Crippen LogP contribution is -2.04. The molecule has 8 aromatic rings. The van der Waals surface area contributed by atoms with Gasteiger partial charge in [0.2, 0.25) is 0 Å². The van der Waals surface area contributed by atoms with Gasteiger partial charge in [-0.1, -0.05) is 182 Å². The fourth-order valence-corrected chi connectivity index (χ4v) is 7.26. The number of rotatable bonds is 10. The third kappa shape index (κ3) is 10.1. The molecule has 0 fully saturated rings. The number of fused-ring (bicyclic) bond motifs is 1. The number of hydrogen-bond donors (Lipinski definition) is 0. The van der Waals surface area contributed by atoms with Gasteiger partial charge >= 0.3 is 12.4 Å². The minimum absolute atomic E-state index is 0.686. The zero-order chi connectivity index (χ0) is 43.1. The second kappa shape index (κ2) is 18.0. The average Bonchev–Trinajstić information content (AvgIpc) is 3.29. The summed E-state index contributed by atoms with van der Waals surface area (Å²) < 4.78 is 79.9. The van der Waals surface area contributed by atoms with E-state index in [2.05, 4.69) is 48.6 Å². The first-order valence-corrected chi connectivity index (χ1v) is 19.9. The number of halogens is 6. The molecule has 0 spiro atoms. The molecule has 0 amide bonds. The largest absolute Gasteiger partial charge is 0.416 e. The predicted molar refractivity (Wildman–Crippen MR) is 244 cm³/mol. The molecule has 0 N–H and O–H groups in total. The normalized spacial score (nSPS) is 12.7. The van der Waals surface area contributed by atoms with E-state index in [4.69, 9.17) is 0 Å². The highest BCUT2D eigenvalue weighted by Crippen LogP contribution is 2.34. The highest BCUT2D eigenvalue weighted by Gasteiger charge is 2.31.